The van der Waals surface area contributed by atoms with E-state index in [-0.39, 0.29) is 0 Å². The maximum atomic E-state index is 5.85. The van der Waals surface area contributed by atoms with Crippen LogP contribution >= 0.6 is 0 Å². The second-order valence-electron chi connectivity index (χ2n) is 6.86. The first-order valence-corrected chi connectivity index (χ1v) is 9.44. The molecule has 4 heteroatoms. The van der Waals surface area contributed by atoms with Crippen LogP contribution in [0.1, 0.15) is 37.3 Å². The lowest BCUT2D eigenvalue weighted by molar-refractivity contribution is 0.413. The predicted octanol–water partition coefficient (Wildman–Crippen LogP) is 6.15. The van der Waals surface area contributed by atoms with Gasteiger partial charge < -0.3 is 14.0 Å². The molecule has 0 N–H and O–H groups in total. The Kier molecular flexibility index (Phi) is 5.24. The number of aliphatic imine (C=N–C) groups is 1. The molecule has 0 amide bonds. The number of methoxy groups -OCH3 is 1. The minimum atomic E-state index is 0.668. The second kappa shape index (κ2) is 8.12. The van der Waals surface area contributed by atoms with Crippen LogP contribution < -0.4 is 9.47 Å². The number of benzene rings is 2. The van der Waals surface area contributed by atoms with Gasteiger partial charge in [0.1, 0.15) is 17.2 Å². The van der Waals surface area contributed by atoms with Gasteiger partial charge in [-0.15, -0.1) is 0 Å². The summed E-state index contributed by atoms with van der Waals surface area (Å²) in [4.78, 5) is 4.58. The molecule has 1 aliphatic carbocycles. The molecule has 0 unspecified atom stereocenters. The molecule has 27 heavy (non-hydrogen) atoms. The topological polar surface area (TPSA) is 35.8 Å². The van der Waals surface area contributed by atoms with E-state index in [1.807, 2.05) is 54.7 Å². The lowest BCUT2D eigenvalue weighted by Gasteiger charge is -2.10. The van der Waals surface area contributed by atoms with Gasteiger partial charge in [0.05, 0.1) is 12.8 Å². The van der Waals surface area contributed by atoms with Crippen molar-refractivity contribution in [2.45, 2.75) is 31.7 Å². The van der Waals surface area contributed by atoms with E-state index in [0.29, 0.717) is 6.04 Å². The Balaban J connectivity index is 1.37. The third-order valence-electron chi connectivity index (χ3n) is 4.98. The molecule has 1 aliphatic rings. The molecule has 1 heterocycles. The minimum absolute atomic E-state index is 0.668. The van der Waals surface area contributed by atoms with Crippen molar-refractivity contribution in [2.75, 3.05) is 7.11 Å². The monoisotopic (exact) mass is 360 g/mol. The zero-order chi connectivity index (χ0) is 18.5. The van der Waals surface area contributed by atoms with Gasteiger partial charge in [-0.3, -0.25) is 4.99 Å². The lowest BCUT2D eigenvalue weighted by Crippen LogP contribution is -2.00. The number of hydrogen-bond acceptors (Lipinski definition) is 3. The molecule has 0 spiro atoms. The molecule has 0 radical (unpaired) electrons. The molecule has 138 valence electrons. The fraction of sp³-hybridized carbons (Fsp3) is 0.261. The van der Waals surface area contributed by atoms with Crippen molar-refractivity contribution in [2.24, 2.45) is 4.99 Å². The fourth-order valence-corrected chi connectivity index (χ4v) is 3.47. The van der Waals surface area contributed by atoms with Crippen molar-refractivity contribution < 1.29 is 9.47 Å². The minimum Gasteiger partial charge on any atom is -0.497 e. The van der Waals surface area contributed by atoms with Crippen molar-refractivity contribution in [3.05, 3.63) is 72.6 Å². The summed E-state index contributed by atoms with van der Waals surface area (Å²) in [7, 11) is 1.65. The number of hydrogen-bond donors (Lipinski definition) is 0. The zero-order valence-corrected chi connectivity index (χ0v) is 15.5. The van der Waals surface area contributed by atoms with E-state index in [1.165, 1.54) is 25.7 Å². The molecule has 0 bridgehead atoms. The van der Waals surface area contributed by atoms with Crippen molar-refractivity contribution in [1.29, 1.82) is 0 Å². The van der Waals surface area contributed by atoms with Crippen LogP contribution in [0.3, 0.4) is 0 Å². The first kappa shape index (κ1) is 17.4. The zero-order valence-electron chi connectivity index (χ0n) is 15.5. The van der Waals surface area contributed by atoms with Gasteiger partial charge >= 0.3 is 0 Å². The molecule has 0 atom stereocenters. The molecule has 2 aromatic carbocycles. The average molecular weight is 360 g/mol. The molecule has 0 saturated heterocycles. The summed E-state index contributed by atoms with van der Waals surface area (Å²) in [5, 5.41) is 0. The van der Waals surface area contributed by atoms with Gasteiger partial charge in [-0.2, -0.15) is 0 Å². The number of ether oxygens (including phenoxy) is 2. The van der Waals surface area contributed by atoms with Gasteiger partial charge in [-0.25, -0.2) is 0 Å². The Morgan fingerprint density at radius 2 is 1.52 bits per heavy atom. The van der Waals surface area contributed by atoms with Crippen molar-refractivity contribution in [3.63, 3.8) is 0 Å². The highest BCUT2D eigenvalue weighted by atomic mass is 16.5. The van der Waals surface area contributed by atoms with Gasteiger partial charge in [-0.1, -0.05) is 12.8 Å². The van der Waals surface area contributed by atoms with Crippen LogP contribution in [0.25, 0.3) is 0 Å². The quantitative estimate of drug-likeness (QED) is 0.494. The van der Waals surface area contributed by atoms with Gasteiger partial charge in [-0.05, 0) is 67.4 Å². The van der Waals surface area contributed by atoms with Crippen LogP contribution in [0.15, 0.2) is 72.0 Å². The lowest BCUT2D eigenvalue weighted by atomic mass is 10.2. The molecule has 1 saturated carbocycles. The molecule has 3 aromatic rings. The van der Waals surface area contributed by atoms with E-state index in [2.05, 4.69) is 28.0 Å². The van der Waals surface area contributed by atoms with E-state index >= 15 is 0 Å². The molecule has 4 nitrogen and oxygen atoms in total. The summed E-state index contributed by atoms with van der Waals surface area (Å²) in [5.74, 6) is 2.38. The van der Waals surface area contributed by atoms with Crippen LogP contribution in [0, 0.1) is 0 Å². The third kappa shape index (κ3) is 4.40. The number of aromatic nitrogens is 1. The van der Waals surface area contributed by atoms with E-state index in [9.17, 15) is 0 Å². The van der Waals surface area contributed by atoms with Gasteiger partial charge in [0.25, 0.3) is 0 Å². The van der Waals surface area contributed by atoms with Crippen molar-refractivity contribution >= 4 is 11.9 Å². The summed E-state index contributed by atoms with van der Waals surface area (Å²) >= 11 is 0. The maximum Gasteiger partial charge on any atom is 0.127 e. The van der Waals surface area contributed by atoms with Gasteiger partial charge in [0.2, 0.25) is 0 Å². The first-order chi connectivity index (χ1) is 13.3. The molecule has 1 aromatic heterocycles. The van der Waals surface area contributed by atoms with Crippen molar-refractivity contribution in [3.8, 4) is 17.2 Å². The van der Waals surface area contributed by atoms with Gasteiger partial charge in [0, 0.05) is 30.2 Å². The van der Waals surface area contributed by atoms with Crippen LogP contribution in [0.4, 0.5) is 5.69 Å². The van der Waals surface area contributed by atoms with E-state index in [1.54, 1.807) is 7.11 Å². The number of nitrogens with zero attached hydrogens (tertiary/aromatic N) is 2. The third-order valence-corrected chi connectivity index (χ3v) is 4.98. The maximum absolute atomic E-state index is 5.85. The average Bonchev–Trinajstić information content (AvgIpc) is 3.40. The normalized spacial score (nSPS) is 14.7. The fourth-order valence-electron chi connectivity index (χ4n) is 3.47. The Hall–Kier alpha value is -3.01. The van der Waals surface area contributed by atoms with E-state index < -0.39 is 0 Å². The molecule has 0 aliphatic heterocycles. The Morgan fingerprint density at radius 3 is 2.19 bits per heavy atom. The Morgan fingerprint density at radius 1 is 0.889 bits per heavy atom. The van der Waals surface area contributed by atoms with Crippen LogP contribution in [-0.4, -0.2) is 17.9 Å². The number of rotatable bonds is 6. The first-order valence-electron chi connectivity index (χ1n) is 9.44. The molecule has 4 rings (SSSR count). The summed E-state index contributed by atoms with van der Waals surface area (Å²) in [6.45, 7) is 0. The van der Waals surface area contributed by atoms with Crippen molar-refractivity contribution in [1.82, 2.24) is 4.57 Å². The highest BCUT2D eigenvalue weighted by Crippen LogP contribution is 2.30. The van der Waals surface area contributed by atoms with E-state index in [0.717, 1.165) is 28.5 Å². The molecular weight excluding hydrogens is 336 g/mol. The standard InChI is InChI=1S/C23H24N2O2/c1-26-21-10-12-23(13-11-21)27-22-8-6-19(7-9-22)24-16-18-14-15-25(17-18)20-4-2-3-5-20/h6-17,20H,2-5H2,1H3. The molecular formula is C23H24N2O2. The predicted molar refractivity (Wildman–Crippen MR) is 109 cm³/mol. The Labute approximate surface area is 160 Å². The van der Waals surface area contributed by atoms with Gasteiger partial charge in [0.15, 0.2) is 0 Å². The Bertz CT molecular complexity index is 889. The summed E-state index contributed by atoms with van der Waals surface area (Å²) in [6, 6.07) is 18.1. The van der Waals surface area contributed by atoms with Crippen LogP contribution in [0.2, 0.25) is 0 Å². The summed E-state index contributed by atoms with van der Waals surface area (Å²) in [6.07, 6.45) is 11.6. The van der Waals surface area contributed by atoms with E-state index in [4.69, 9.17) is 9.47 Å². The van der Waals surface area contributed by atoms with Crippen LogP contribution in [0.5, 0.6) is 17.2 Å². The highest BCUT2D eigenvalue weighted by molar-refractivity contribution is 5.81. The van der Waals surface area contributed by atoms with Crippen LogP contribution in [-0.2, 0) is 0 Å². The summed E-state index contributed by atoms with van der Waals surface area (Å²) < 4.78 is 13.3. The largest absolute Gasteiger partial charge is 0.497 e. The second-order valence-corrected chi connectivity index (χ2v) is 6.86. The molecule has 1 fully saturated rings. The summed E-state index contributed by atoms with van der Waals surface area (Å²) in [5.41, 5.74) is 2.05. The smallest absolute Gasteiger partial charge is 0.127 e. The highest BCUT2D eigenvalue weighted by Gasteiger charge is 2.15. The SMILES string of the molecule is COc1ccc(Oc2ccc(N=Cc3ccn(C4CCCC4)c3)cc2)cc1.